The van der Waals surface area contributed by atoms with E-state index in [9.17, 15) is 9.50 Å². The van der Waals surface area contributed by atoms with Crippen molar-refractivity contribution in [3.63, 3.8) is 0 Å². The predicted octanol–water partition coefficient (Wildman–Crippen LogP) is 3.86. The Labute approximate surface area is 173 Å². The van der Waals surface area contributed by atoms with Gasteiger partial charge in [-0.05, 0) is 42.5 Å². The van der Waals surface area contributed by atoms with Crippen molar-refractivity contribution in [3.05, 3.63) is 72.7 Å². The number of phenolic OH excluding ortho intramolecular Hbond substituents is 1. The second kappa shape index (κ2) is 7.59. The van der Waals surface area contributed by atoms with Crippen molar-refractivity contribution < 1.29 is 9.50 Å². The first kappa shape index (κ1) is 18.3. The zero-order valence-corrected chi connectivity index (χ0v) is 16.2. The number of anilines is 2. The lowest BCUT2D eigenvalue weighted by Crippen LogP contribution is -2.47. The molecule has 0 saturated carbocycles. The molecule has 0 spiro atoms. The van der Waals surface area contributed by atoms with Gasteiger partial charge in [-0.1, -0.05) is 18.2 Å². The summed E-state index contributed by atoms with van der Waals surface area (Å²) in [6.07, 6.45) is 1.79. The normalized spacial score (nSPS) is 14.3. The van der Waals surface area contributed by atoms with E-state index >= 15 is 0 Å². The van der Waals surface area contributed by atoms with Crippen LogP contribution >= 0.6 is 0 Å². The summed E-state index contributed by atoms with van der Waals surface area (Å²) in [7, 11) is 0. The van der Waals surface area contributed by atoms with Gasteiger partial charge in [-0.15, -0.1) is 0 Å². The Morgan fingerprint density at radius 3 is 2.37 bits per heavy atom. The number of hydrogen-bond acceptors (Lipinski definition) is 6. The highest BCUT2D eigenvalue weighted by Gasteiger charge is 2.22. The molecule has 2 aromatic carbocycles. The Hall–Kier alpha value is -3.74. The Kier molecular flexibility index (Phi) is 4.63. The topological polar surface area (TPSA) is 65.4 Å². The van der Waals surface area contributed by atoms with Gasteiger partial charge in [-0.3, -0.25) is 0 Å². The molecule has 1 N–H and O–H groups in total. The highest BCUT2D eigenvalue weighted by atomic mass is 19.1. The number of hydrogen-bond donors (Lipinski definition) is 1. The van der Waals surface area contributed by atoms with Gasteiger partial charge in [0.15, 0.2) is 5.82 Å². The van der Waals surface area contributed by atoms with Gasteiger partial charge in [0, 0.05) is 37.8 Å². The number of rotatable bonds is 3. The quantitative estimate of drug-likeness (QED) is 0.562. The number of halogens is 1. The van der Waals surface area contributed by atoms with Crippen LogP contribution in [-0.4, -0.2) is 46.2 Å². The molecule has 1 aliphatic rings. The highest BCUT2D eigenvalue weighted by Crippen LogP contribution is 2.32. The Morgan fingerprint density at radius 1 is 0.833 bits per heavy atom. The lowest BCUT2D eigenvalue weighted by molar-refractivity contribution is 0.477. The molecule has 6 nitrogen and oxygen atoms in total. The highest BCUT2D eigenvalue weighted by molar-refractivity contribution is 5.91. The molecule has 30 heavy (non-hydrogen) atoms. The minimum atomic E-state index is -0.324. The molecule has 1 saturated heterocycles. The molecule has 4 aromatic rings. The van der Waals surface area contributed by atoms with E-state index in [2.05, 4.69) is 19.8 Å². The van der Waals surface area contributed by atoms with Crippen LogP contribution in [0.5, 0.6) is 5.75 Å². The number of fused-ring (bicyclic) bond motifs is 1. The van der Waals surface area contributed by atoms with Crippen LogP contribution in [0.25, 0.3) is 22.3 Å². The average Bonchev–Trinajstić information content (AvgIpc) is 2.79. The van der Waals surface area contributed by atoms with Crippen molar-refractivity contribution in [2.45, 2.75) is 0 Å². The van der Waals surface area contributed by atoms with Crippen LogP contribution in [-0.2, 0) is 0 Å². The third-order valence-electron chi connectivity index (χ3n) is 5.34. The molecule has 0 atom stereocenters. The fourth-order valence-electron chi connectivity index (χ4n) is 3.80. The monoisotopic (exact) mass is 401 g/mol. The number of aromatic nitrogens is 3. The van der Waals surface area contributed by atoms with E-state index in [4.69, 9.17) is 4.98 Å². The molecule has 7 heteroatoms. The van der Waals surface area contributed by atoms with Gasteiger partial charge in [0.1, 0.15) is 23.2 Å². The standard InChI is InChI=1S/C23H20FN5O/c24-16-8-9-19-18(15-16)23(27-22(26-19)17-5-1-2-6-20(17)30)29-13-11-28(12-14-29)21-7-3-4-10-25-21/h1-10,15,30H,11-14H2. The Bertz CT molecular complexity index is 1190. The lowest BCUT2D eigenvalue weighted by Gasteiger charge is -2.36. The molecule has 5 rings (SSSR count). The maximum absolute atomic E-state index is 14.0. The maximum Gasteiger partial charge on any atom is 0.165 e. The number of aromatic hydroxyl groups is 1. The van der Waals surface area contributed by atoms with Crippen LogP contribution in [0, 0.1) is 5.82 Å². The van der Waals surface area contributed by atoms with Crippen molar-refractivity contribution in [3.8, 4) is 17.1 Å². The number of phenols is 1. The number of piperazine rings is 1. The molecule has 0 radical (unpaired) electrons. The van der Waals surface area contributed by atoms with Crippen molar-refractivity contribution in [1.82, 2.24) is 15.0 Å². The van der Waals surface area contributed by atoms with E-state index in [1.165, 1.54) is 12.1 Å². The minimum absolute atomic E-state index is 0.116. The summed E-state index contributed by atoms with van der Waals surface area (Å²) in [6.45, 7) is 3.01. The van der Waals surface area contributed by atoms with Crippen molar-refractivity contribution in [2.24, 2.45) is 0 Å². The van der Waals surface area contributed by atoms with Gasteiger partial charge in [0.25, 0.3) is 0 Å². The van der Waals surface area contributed by atoms with Gasteiger partial charge in [0.05, 0.1) is 11.1 Å². The van der Waals surface area contributed by atoms with Crippen molar-refractivity contribution in [1.29, 1.82) is 0 Å². The van der Waals surface area contributed by atoms with E-state index in [0.29, 0.717) is 28.1 Å². The Morgan fingerprint density at radius 2 is 1.60 bits per heavy atom. The summed E-state index contributed by atoms with van der Waals surface area (Å²) >= 11 is 0. The van der Waals surface area contributed by atoms with Crippen molar-refractivity contribution >= 4 is 22.5 Å². The molecular weight excluding hydrogens is 381 g/mol. The molecule has 1 fully saturated rings. The van der Waals surface area contributed by atoms with Crippen molar-refractivity contribution in [2.75, 3.05) is 36.0 Å². The smallest absolute Gasteiger partial charge is 0.165 e. The SMILES string of the molecule is Oc1ccccc1-c1nc(N2CCN(c3ccccn3)CC2)c2cc(F)ccc2n1. The summed E-state index contributed by atoms with van der Waals surface area (Å²) in [4.78, 5) is 18.1. The zero-order valence-electron chi connectivity index (χ0n) is 16.2. The maximum atomic E-state index is 14.0. The third-order valence-corrected chi connectivity index (χ3v) is 5.34. The number of nitrogens with zero attached hydrogens (tertiary/aromatic N) is 5. The Balaban J connectivity index is 1.53. The molecule has 0 amide bonds. The summed E-state index contributed by atoms with van der Waals surface area (Å²) < 4.78 is 14.0. The summed E-state index contributed by atoms with van der Waals surface area (Å²) in [5.41, 5.74) is 1.20. The molecule has 2 aromatic heterocycles. The molecule has 0 bridgehead atoms. The van der Waals surface area contributed by atoms with Gasteiger partial charge in [-0.25, -0.2) is 19.3 Å². The zero-order chi connectivity index (χ0) is 20.5. The minimum Gasteiger partial charge on any atom is -0.507 e. The van der Waals surface area contributed by atoms with Crippen LogP contribution in [0.4, 0.5) is 16.0 Å². The van der Waals surface area contributed by atoms with Gasteiger partial charge < -0.3 is 14.9 Å². The van der Waals surface area contributed by atoms with Crippen LogP contribution in [0.3, 0.4) is 0 Å². The van der Waals surface area contributed by atoms with Crippen LogP contribution in [0.15, 0.2) is 66.9 Å². The molecule has 1 aliphatic heterocycles. The van der Waals surface area contributed by atoms with Gasteiger partial charge in [0.2, 0.25) is 0 Å². The van der Waals surface area contributed by atoms with E-state index in [1.54, 1.807) is 30.5 Å². The van der Waals surface area contributed by atoms with E-state index in [-0.39, 0.29) is 11.6 Å². The largest absolute Gasteiger partial charge is 0.507 e. The van der Waals surface area contributed by atoms with E-state index in [0.717, 1.165) is 32.0 Å². The first-order chi connectivity index (χ1) is 14.7. The van der Waals surface area contributed by atoms with Crippen LogP contribution in [0.2, 0.25) is 0 Å². The van der Waals surface area contributed by atoms with E-state index in [1.807, 2.05) is 24.3 Å². The predicted molar refractivity (Wildman–Crippen MR) is 115 cm³/mol. The fourth-order valence-corrected chi connectivity index (χ4v) is 3.80. The number of pyridine rings is 1. The molecule has 150 valence electrons. The van der Waals surface area contributed by atoms with E-state index < -0.39 is 0 Å². The second-order valence-corrected chi connectivity index (χ2v) is 7.21. The first-order valence-corrected chi connectivity index (χ1v) is 9.86. The van der Waals surface area contributed by atoms with Gasteiger partial charge >= 0.3 is 0 Å². The van der Waals surface area contributed by atoms with Crippen LogP contribution < -0.4 is 9.80 Å². The van der Waals surface area contributed by atoms with Crippen LogP contribution in [0.1, 0.15) is 0 Å². The average molecular weight is 401 g/mol. The summed E-state index contributed by atoms with van der Waals surface area (Å²) in [5, 5.41) is 10.9. The third kappa shape index (κ3) is 3.39. The van der Waals surface area contributed by atoms with Gasteiger partial charge in [-0.2, -0.15) is 0 Å². The summed E-state index contributed by atoms with van der Waals surface area (Å²) in [5.74, 6) is 1.85. The summed E-state index contributed by atoms with van der Waals surface area (Å²) in [6, 6.07) is 17.4. The first-order valence-electron chi connectivity index (χ1n) is 9.86. The lowest BCUT2D eigenvalue weighted by atomic mass is 10.1. The molecular formula is C23H20FN5O. The molecule has 0 aliphatic carbocycles. The second-order valence-electron chi connectivity index (χ2n) is 7.21. The fraction of sp³-hybridized carbons (Fsp3) is 0.174. The molecule has 0 unspecified atom stereocenters. The molecule has 3 heterocycles. The number of benzene rings is 2. The number of para-hydroxylation sites is 1.